The Hall–Kier alpha value is -2.87. The van der Waals surface area contributed by atoms with Gasteiger partial charge in [0.2, 0.25) is 0 Å². The maximum absolute atomic E-state index is 11.1. The van der Waals surface area contributed by atoms with Crippen molar-refractivity contribution in [1.29, 1.82) is 0 Å². The van der Waals surface area contributed by atoms with E-state index < -0.39 is 34.5 Å². The molecule has 11 nitrogen and oxygen atoms in total. The average molecular weight is 505 g/mol. The van der Waals surface area contributed by atoms with Crippen LogP contribution in [0.1, 0.15) is 6.42 Å². The van der Waals surface area contributed by atoms with Gasteiger partial charge in [-0.1, -0.05) is 35.9 Å². The van der Waals surface area contributed by atoms with Crippen molar-refractivity contribution in [1.82, 2.24) is 19.6 Å². The van der Waals surface area contributed by atoms with E-state index in [2.05, 4.69) is 24.6 Å². The second-order valence-corrected chi connectivity index (χ2v) is 9.79. The van der Waals surface area contributed by atoms with E-state index in [0.29, 0.717) is 17.2 Å². The molecular formula is C21H21ClN6O5S. The third kappa shape index (κ3) is 4.43. The SMILES string of the molecule is NS(=O)(=O)OC[C@H]1C[C@@H](Nc2cc(Cl)nc3cc(-c4cncc5ccccc45)nn23)[C@H](O)[C@@H]1O. The van der Waals surface area contributed by atoms with Crippen LogP contribution in [-0.4, -0.2) is 63.1 Å². The summed E-state index contributed by atoms with van der Waals surface area (Å²) in [6.45, 7) is -0.345. The molecule has 3 aromatic heterocycles. The zero-order valence-electron chi connectivity index (χ0n) is 17.6. The molecule has 13 heteroatoms. The van der Waals surface area contributed by atoms with E-state index in [1.54, 1.807) is 29.0 Å². The summed E-state index contributed by atoms with van der Waals surface area (Å²) in [7, 11) is -4.16. The Morgan fingerprint density at radius 2 is 2.00 bits per heavy atom. The Labute approximate surface area is 199 Å². The predicted molar refractivity (Wildman–Crippen MR) is 125 cm³/mol. The summed E-state index contributed by atoms with van der Waals surface area (Å²) in [5, 5.41) is 35.7. The Kier molecular flexibility index (Phi) is 5.88. The number of halogens is 1. The van der Waals surface area contributed by atoms with Crippen molar-refractivity contribution in [2.45, 2.75) is 24.7 Å². The maximum Gasteiger partial charge on any atom is 0.333 e. The molecule has 1 aromatic carbocycles. The molecule has 178 valence electrons. The van der Waals surface area contributed by atoms with Crippen LogP contribution in [-0.2, 0) is 14.5 Å². The van der Waals surface area contributed by atoms with Gasteiger partial charge in [0.1, 0.15) is 17.1 Å². The number of anilines is 1. The van der Waals surface area contributed by atoms with Gasteiger partial charge in [0.25, 0.3) is 0 Å². The first kappa shape index (κ1) is 22.9. The van der Waals surface area contributed by atoms with Gasteiger partial charge in [0, 0.05) is 41.4 Å². The van der Waals surface area contributed by atoms with Gasteiger partial charge in [-0.25, -0.2) is 10.1 Å². The lowest BCUT2D eigenvalue weighted by molar-refractivity contribution is 0.00777. The summed E-state index contributed by atoms with van der Waals surface area (Å²) in [5.41, 5.74) is 1.93. The number of rotatable bonds is 6. The zero-order chi connectivity index (χ0) is 24.0. The van der Waals surface area contributed by atoms with E-state index in [1.165, 1.54) is 0 Å². The molecule has 0 spiro atoms. The highest BCUT2D eigenvalue weighted by Crippen LogP contribution is 2.32. The van der Waals surface area contributed by atoms with E-state index >= 15 is 0 Å². The smallest absolute Gasteiger partial charge is 0.333 e. The molecule has 0 unspecified atom stereocenters. The fraction of sp³-hybridized carbons (Fsp3) is 0.286. The predicted octanol–water partition coefficient (Wildman–Crippen LogP) is 1.34. The molecule has 3 heterocycles. The maximum atomic E-state index is 11.1. The zero-order valence-corrected chi connectivity index (χ0v) is 19.2. The van der Waals surface area contributed by atoms with Crippen LogP contribution in [0.2, 0.25) is 5.15 Å². The van der Waals surface area contributed by atoms with Gasteiger partial charge in [-0.15, -0.1) is 0 Å². The number of fused-ring (bicyclic) bond motifs is 2. The molecule has 1 saturated carbocycles. The highest BCUT2D eigenvalue weighted by atomic mass is 35.5. The minimum absolute atomic E-state index is 0.208. The van der Waals surface area contributed by atoms with Crippen molar-refractivity contribution in [3.63, 3.8) is 0 Å². The standard InChI is InChI=1S/C21H21ClN6O5S/c22-17-7-19(25-16-5-12(20(29)21(16)30)10-33-34(23,31)32)28-18(26-17)6-15(27-28)14-9-24-8-11-3-1-2-4-13(11)14/h1-4,6-9,12,16,20-21,25,29-30H,5,10H2,(H2,23,31,32)/t12-,16-,20-,21+/m1/s1. The van der Waals surface area contributed by atoms with Gasteiger partial charge in [-0.2, -0.15) is 18.0 Å². The van der Waals surface area contributed by atoms with Crippen molar-refractivity contribution in [3.05, 3.63) is 53.9 Å². The number of aliphatic hydroxyl groups is 2. The number of benzene rings is 1. The van der Waals surface area contributed by atoms with Gasteiger partial charge in [0.15, 0.2) is 5.65 Å². The largest absolute Gasteiger partial charge is 0.390 e. The molecular weight excluding hydrogens is 484 g/mol. The molecule has 4 aromatic rings. The van der Waals surface area contributed by atoms with Gasteiger partial charge >= 0.3 is 10.3 Å². The fourth-order valence-electron chi connectivity index (χ4n) is 4.30. The topological polar surface area (TPSA) is 165 Å². The summed E-state index contributed by atoms with van der Waals surface area (Å²) in [6, 6.07) is 10.5. The first-order valence-corrected chi connectivity index (χ1v) is 12.2. The Morgan fingerprint density at radius 3 is 2.79 bits per heavy atom. The number of nitrogens with two attached hydrogens (primary N) is 1. The van der Waals surface area contributed by atoms with Crippen LogP contribution in [0.5, 0.6) is 0 Å². The molecule has 0 amide bonds. The van der Waals surface area contributed by atoms with E-state index in [9.17, 15) is 18.6 Å². The van der Waals surface area contributed by atoms with Gasteiger partial charge < -0.3 is 15.5 Å². The van der Waals surface area contributed by atoms with E-state index in [-0.39, 0.29) is 18.2 Å². The van der Waals surface area contributed by atoms with Crippen molar-refractivity contribution in [3.8, 4) is 11.3 Å². The summed E-state index contributed by atoms with van der Waals surface area (Å²) in [5.74, 6) is -0.202. The lowest BCUT2D eigenvalue weighted by Gasteiger charge is -2.19. The third-order valence-corrected chi connectivity index (χ3v) is 6.58. The minimum atomic E-state index is -4.16. The number of hydrogen-bond donors (Lipinski definition) is 4. The number of hydrogen-bond acceptors (Lipinski definition) is 9. The molecule has 5 rings (SSSR count). The Morgan fingerprint density at radius 1 is 1.21 bits per heavy atom. The van der Waals surface area contributed by atoms with Crippen LogP contribution in [0.4, 0.5) is 5.82 Å². The van der Waals surface area contributed by atoms with Crippen LogP contribution in [0, 0.1) is 5.92 Å². The molecule has 0 bridgehead atoms. The molecule has 1 aliphatic carbocycles. The van der Waals surface area contributed by atoms with Gasteiger partial charge in [-0.3, -0.25) is 9.17 Å². The molecule has 5 N–H and O–H groups in total. The second kappa shape index (κ2) is 8.73. The Balaban J connectivity index is 1.47. The Bertz CT molecular complexity index is 1470. The van der Waals surface area contributed by atoms with E-state index in [4.69, 9.17) is 16.7 Å². The lowest BCUT2D eigenvalue weighted by Crippen LogP contribution is -2.36. The summed E-state index contributed by atoms with van der Waals surface area (Å²) in [4.78, 5) is 8.64. The summed E-state index contributed by atoms with van der Waals surface area (Å²) < 4.78 is 28.3. The lowest BCUT2D eigenvalue weighted by atomic mass is 10.1. The number of aromatic nitrogens is 4. The highest BCUT2D eigenvalue weighted by Gasteiger charge is 2.42. The molecule has 4 atom stereocenters. The van der Waals surface area contributed by atoms with Gasteiger partial charge in [0.05, 0.1) is 24.4 Å². The molecule has 0 radical (unpaired) electrons. The number of pyridine rings is 1. The van der Waals surface area contributed by atoms with E-state index in [1.807, 2.05) is 24.3 Å². The molecule has 1 fully saturated rings. The van der Waals surface area contributed by atoms with Gasteiger partial charge in [-0.05, 0) is 11.8 Å². The monoisotopic (exact) mass is 504 g/mol. The number of nitrogens with one attached hydrogen (secondary N) is 1. The van der Waals surface area contributed by atoms with Crippen LogP contribution in [0.25, 0.3) is 27.7 Å². The van der Waals surface area contributed by atoms with Crippen LogP contribution in [0.3, 0.4) is 0 Å². The van der Waals surface area contributed by atoms with Crippen molar-refractivity contribution >= 4 is 44.1 Å². The second-order valence-electron chi connectivity index (χ2n) is 8.18. The number of nitrogens with zero attached hydrogens (tertiary/aromatic N) is 4. The number of aliphatic hydroxyl groups excluding tert-OH is 2. The molecule has 0 saturated heterocycles. The quantitative estimate of drug-likeness (QED) is 0.283. The van der Waals surface area contributed by atoms with Crippen LogP contribution >= 0.6 is 11.6 Å². The molecule has 1 aliphatic rings. The summed E-state index contributed by atoms with van der Waals surface area (Å²) >= 11 is 6.24. The van der Waals surface area contributed by atoms with Crippen LogP contribution in [0.15, 0.2) is 48.8 Å². The first-order valence-electron chi connectivity index (χ1n) is 10.4. The average Bonchev–Trinajstić information content (AvgIpc) is 3.33. The van der Waals surface area contributed by atoms with Crippen molar-refractivity contribution in [2.24, 2.45) is 11.1 Å². The van der Waals surface area contributed by atoms with Crippen LogP contribution < -0.4 is 10.5 Å². The molecule has 34 heavy (non-hydrogen) atoms. The fourth-order valence-corrected chi connectivity index (χ4v) is 4.86. The van der Waals surface area contributed by atoms with Crippen molar-refractivity contribution in [2.75, 3.05) is 11.9 Å². The molecule has 0 aliphatic heterocycles. The van der Waals surface area contributed by atoms with E-state index in [0.717, 1.165) is 16.3 Å². The normalized spacial score (nSPS) is 23.1. The summed E-state index contributed by atoms with van der Waals surface area (Å²) in [6.07, 6.45) is 1.34. The minimum Gasteiger partial charge on any atom is -0.390 e. The third-order valence-electron chi connectivity index (χ3n) is 5.92. The first-order chi connectivity index (χ1) is 16.2. The highest BCUT2D eigenvalue weighted by molar-refractivity contribution is 7.84. The van der Waals surface area contributed by atoms with Crippen molar-refractivity contribution < 1.29 is 22.8 Å².